The topological polar surface area (TPSA) is 67.7 Å². The summed E-state index contributed by atoms with van der Waals surface area (Å²) in [5.74, 6) is -2.83. The molecule has 10 heteroatoms. The number of alkyl halides is 1. The lowest BCUT2D eigenvalue weighted by Gasteiger charge is -2.30. The first-order valence-electron chi connectivity index (χ1n) is 15.1. The van der Waals surface area contributed by atoms with E-state index in [9.17, 15) is 13.9 Å². The number of aryl methyl sites for hydroxylation is 1. The molecule has 0 spiro atoms. The molecule has 6 nitrogen and oxygen atoms in total. The average Bonchev–Trinajstić information content (AvgIpc) is 3.55. The Balaban J connectivity index is 1.37. The van der Waals surface area contributed by atoms with Crippen LogP contribution in [0.4, 0.5) is 17.6 Å². The van der Waals surface area contributed by atoms with Crippen molar-refractivity contribution >= 4 is 21.7 Å². The van der Waals surface area contributed by atoms with E-state index in [4.69, 9.17) is 9.47 Å². The Labute approximate surface area is 257 Å². The molecule has 3 heterocycles. The van der Waals surface area contributed by atoms with Gasteiger partial charge in [-0.15, -0.1) is 0 Å². The van der Waals surface area contributed by atoms with Gasteiger partial charge in [-0.1, -0.05) is 43.3 Å². The molecule has 0 bridgehead atoms. The zero-order valence-electron chi connectivity index (χ0n) is 24.6. The van der Waals surface area contributed by atoms with Crippen LogP contribution in [0.15, 0.2) is 60.7 Å². The number of hydrogen-bond acceptors (Lipinski definition) is 6. The predicted octanol–water partition coefficient (Wildman–Crippen LogP) is 7.67. The van der Waals surface area contributed by atoms with Gasteiger partial charge in [-0.05, 0) is 77.5 Å². The number of phenols is 1. The maximum Gasteiger partial charge on any atom is 0.320 e. The third-order valence-electron chi connectivity index (χ3n) is 9.05. The highest BCUT2D eigenvalue weighted by Crippen LogP contribution is 2.43. The van der Waals surface area contributed by atoms with Crippen LogP contribution in [0.25, 0.3) is 32.8 Å². The minimum absolute atomic E-state index is 0.00786. The van der Waals surface area contributed by atoms with Gasteiger partial charge in [-0.25, -0.2) is 17.6 Å². The zero-order chi connectivity index (χ0) is 31.3. The highest BCUT2D eigenvalue weighted by Gasteiger charge is 2.49. The Morgan fingerprint density at radius 2 is 1.82 bits per heavy atom. The van der Waals surface area contributed by atoms with Crippen LogP contribution in [0, 0.1) is 17.5 Å². The molecule has 2 aliphatic heterocycles. The van der Waals surface area contributed by atoms with Crippen molar-refractivity contribution in [1.29, 1.82) is 0 Å². The molecular formula is C35H31F4N3O3. The summed E-state index contributed by atoms with van der Waals surface area (Å²) in [5, 5.41) is 11.2. The fourth-order valence-corrected chi connectivity index (χ4v) is 6.99. The molecule has 0 radical (unpaired) electrons. The van der Waals surface area contributed by atoms with Gasteiger partial charge in [0.1, 0.15) is 42.3 Å². The number of ether oxygens (including phenoxy) is 2. The van der Waals surface area contributed by atoms with Gasteiger partial charge in [0.25, 0.3) is 0 Å². The third-order valence-corrected chi connectivity index (χ3v) is 9.05. The van der Waals surface area contributed by atoms with Gasteiger partial charge >= 0.3 is 6.01 Å². The summed E-state index contributed by atoms with van der Waals surface area (Å²) in [6.45, 7) is 3.01. The van der Waals surface area contributed by atoms with Crippen molar-refractivity contribution in [3.05, 3.63) is 89.2 Å². The minimum Gasteiger partial charge on any atom is -0.508 e. The standard InChI is InChI=1S/C35H31F4N3O3/c1-2-24-27(37)10-9-21-13-23(43)14-25(29(21)24)30-28(38)15-26-32(31(30)39)40-34(41-33(26)44-18-20-7-4-3-5-8-20)45-19-35-11-6-12-42(35)17-22(36)16-35/h3-5,7-10,13-15,22,43H,2,6,11-12,16-19H2,1H3/t22-,35+/m1/s1. The lowest BCUT2D eigenvalue weighted by atomic mass is 9.91. The number of hydrogen-bond donors (Lipinski definition) is 1. The summed E-state index contributed by atoms with van der Waals surface area (Å²) in [7, 11) is 0. The smallest absolute Gasteiger partial charge is 0.320 e. The summed E-state index contributed by atoms with van der Waals surface area (Å²) < 4.78 is 74.0. The van der Waals surface area contributed by atoms with Crippen LogP contribution in [0.1, 0.15) is 37.3 Å². The second-order valence-electron chi connectivity index (χ2n) is 11.9. The number of aromatic nitrogens is 2. The van der Waals surface area contributed by atoms with Gasteiger partial charge in [0.05, 0.1) is 16.5 Å². The van der Waals surface area contributed by atoms with E-state index in [0.29, 0.717) is 23.7 Å². The normalized spacial score (nSPS) is 19.8. The van der Waals surface area contributed by atoms with Crippen LogP contribution in [0.2, 0.25) is 0 Å². The van der Waals surface area contributed by atoms with Crippen molar-refractivity contribution in [2.45, 2.75) is 50.9 Å². The quantitative estimate of drug-likeness (QED) is 0.180. The van der Waals surface area contributed by atoms with Crippen molar-refractivity contribution in [1.82, 2.24) is 14.9 Å². The summed E-state index contributed by atoms with van der Waals surface area (Å²) in [5.41, 5.74) is -0.171. The van der Waals surface area contributed by atoms with Crippen molar-refractivity contribution in [3.63, 3.8) is 0 Å². The van der Waals surface area contributed by atoms with Gasteiger partial charge < -0.3 is 14.6 Å². The first-order chi connectivity index (χ1) is 21.8. The Morgan fingerprint density at radius 3 is 2.62 bits per heavy atom. The van der Waals surface area contributed by atoms with Crippen LogP contribution in [0.3, 0.4) is 0 Å². The summed E-state index contributed by atoms with van der Waals surface area (Å²) in [6, 6.07) is 15.5. The van der Waals surface area contributed by atoms with Crippen molar-refractivity contribution in [2.24, 2.45) is 0 Å². The molecule has 5 aromatic rings. The number of aromatic hydroxyl groups is 1. The highest BCUT2D eigenvalue weighted by atomic mass is 19.1. The monoisotopic (exact) mass is 617 g/mol. The number of halogens is 4. The van der Waals surface area contributed by atoms with Crippen LogP contribution >= 0.6 is 0 Å². The molecule has 2 atom stereocenters. The van der Waals surface area contributed by atoms with E-state index in [1.807, 2.05) is 30.3 Å². The van der Waals surface area contributed by atoms with Gasteiger partial charge in [0.15, 0.2) is 5.82 Å². The summed E-state index contributed by atoms with van der Waals surface area (Å²) in [6.07, 6.45) is 1.28. The van der Waals surface area contributed by atoms with Crippen molar-refractivity contribution in [3.8, 4) is 28.8 Å². The molecule has 1 N–H and O–H groups in total. The van der Waals surface area contributed by atoms with E-state index in [1.54, 1.807) is 6.92 Å². The Bertz CT molecular complexity index is 1920. The van der Waals surface area contributed by atoms with Crippen molar-refractivity contribution in [2.75, 3.05) is 19.7 Å². The third kappa shape index (κ3) is 5.20. The maximum absolute atomic E-state index is 16.7. The van der Waals surface area contributed by atoms with Gasteiger partial charge in [0.2, 0.25) is 5.88 Å². The van der Waals surface area contributed by atoms with Crippen LogP contribution < -0.4 is 9.47 Å². The Hall–Kier alpha value is -4.44. The van der Waals surface area contributed by atoms with Crippen LogP contribution in [-0.4, -0.2) is 51.4 Å². The molecule has 7 rings (SSSR count). The molecule has 4 aromatic carbocycles. The lowest BCUT2D eigenvalue weighted by molar-refractivity contribution is 0.106. The zero-order valence-corrected chi connectivity index (χ0v) is 24.6. The Kier molecular flexibility index (Phi) is 7.47. The SMILES string of the molecule is CCc1c(F)ccc2cc(O)cc(-c3c(F)cc4c(OCc5ccccc5)nc(OC[C@@]56CCCN5C[C@H](F)C6)nc4c3F)c12. The van der Waals surface area contributed by atoms with Gasteiger partial charge in [-0.3, -0.25) is 4.90 Å². The van der Waals surface area contributed by atoms with E-state index in [-0.39, 0.29) is 59.3 Å². The molecule has 2 saturated heterocycles. The van der Waals surface area contributed by atoms with E-state index < -0.39 is 34.7 Å². The number of phenolic OH excluding ortho intramolecular Hbond substituents is 1. The number of nitrogens with zero attached hydrogens (tertiary/aromatic N) is 3. The average molecular weight is 618 g/mol. The predicted molar refractivity (Wildman–Crippen MR) is 163 cm³/mol. The molecular weight excluding hydrogens is 586 g/mol. The summed E-state index contributed by atoms with van der Waals surface area (Å²) in [4.78, 5) is 10.9. The van der Waals surface area contributed by atoms with Gasteiger partial charge in [-0.2, -0.15) is 9.97 Å². The first-order valence-corrected chi connectivity index (χ1v) is 15.1. The minimum atomic E-state index is -1.04. The molecule has 0 unspecified atom stereocenters. The second kappa shape index (κ2) is 11.5. The van der Waals surface area contributed by atoms with E-state index in [2.05, 4.69) is 14.9 Å². The molecule has 45 heavy (non-hydrogen) atoms. The van der Waals surface area contributed by atoms with Crippen LogP contribution in [-0.2, 0) is 13.0 Å². The second-order valence-corrected chi connectivity index (χ2v) is 11.9. The largest absolute Gasteiger partial charge is 0.508 e. The number of benzene rings is 4. The molecule has 0 amide bonds. The van der Waals surface area contributed by atoms with E-state index in [0.717, 1.165) is 31.0 Å². The first kappa shape index (κ1) is 29.3. The number of rotatable bonds is 8. The fourth-order valence-electron chi connectivity index (χ4n) is 6.99. The molecule has 2 aliphatic rings. The van der Waals surface area contributed by atoms with Gasteiger partial charge in [0, 0.05) is 13.0 Å². The number of fused-ring (bicyclic) bond motifs is 3. The highest BCUT2D eigenvalue weighted by molar-refractivity contribution is 6.02. The van der Waals surface area contributed by atoms with E-state index in [1.165, 1.54) is 24.3 Å². The summed E-state index contributed by atoms with van der Waals surface area (Å²) >= 11 is 0. The molecule has 2 fully saturated rings. The molecule has 232 valence electrons. The molecule has 0 saturated carbocycles. The maximum atomic E-state index is 16.7. The fraction of sp³-hybridized carbons (Fsp3) is 0.314. The van der Waals surface area contributed by atoms with E-state index >= 15 is 8.78 Å². The molecule has 1 aromatic heterocycles. The Morgan fingerprint density at radius 1 is 1.00 bits per heavy atom. The molecule has 0 aliphatic carbocycles. The van der Waals surface area contributed by atoms with Crippen LogP contribution in [0.5, 0.6) is 17.6 Å². The lowest BCUT2D eigenvalue weighted by Crippen LogP contribution is -2.43. The van der Waals surface area contributed by atoms with Crippen molar-refractivity contribution < 1.29 is 32.1 Å².